The second-order valence-electron chi connectivity index (χ2n) is 5.81. The lowest BCUT2D eigenvalue weighted by atomic mass is 10.1. The number of rotatable bonds is 8. The molecule has 0 aliphatic rings. The second kappa shape index (κ2) is 9.74. The lowest BCUT2D eigenvalue weighted by Crippen LogP contribution is -2.39. The van der Waals surface area contributed by atoms with Crippen LogP contribution in [0.4, 0.5) is 4.39 Å². The van der Waals surface area contributed by atoms with Gasteiger partial charge in [-0.05, 0) is 31.5 Å². The third kappa shape index (κ3) is 5.18. The number of nitrogens with one attached hydrogen (secondary N) is 2. The summed E-state index contributed by atoms with van der Waals surface area (Å²) in [6.45, 7) is 8.04. The first kappa shape index (κ1) is 19.7. The number of hydrogen-bond donors (Lipinski definition) is 2. The number of hydrogen-bond acceptors (Lipinski definition) is 4. The minimum Gasteiger partial charge on any atom is -0.494 e. The molecule has 1 heterocycles. The van der Waals surface area contributed by atoms with Gasteiger partial charge in [-0.25, -0.2) is 4.39 Å². The third-order valence-electron chi connectivity index (χ3n) is 4.00. The summed E-state index contributed by atoms with van der Waals surface area (Å²) < 4.78 is 20.9. The Kier molecular flexibility index (Phi) is 7.37. The average molecular weight is 362 g/mol. The molecule has 0 spiro atoms. The smallest absolute Gasteiger partial charge is 0.191 e. The van der Waals surface area contributed by atoms with Crippen molar-refractivity contribution in [3.8, 4) is 5.75 Å². The van der Waals surface area contributed by atoms with E-state index in [2.05, 4.69) is 25.8 Å². The van der Waals surface area contributed by atoms with Crippen molar-refractivity contribution in [3.63, 3.8) is 0 Å². The van der Waals surface area contributed by atoms with E-state index in [1.165, 1.54) is 13.2 Å². The summed E-state index contributed by atoms with van der Waals surface area (Å²) in [6.07, 6.45) is 2.56. The summed E-state index contributed by atoms with van der Waals surface area (Å²) in [7, 11) is 1.45. The maximum atomic E-state index is 13.9. The predicted molar refractivity (Wildman–Crippen MR) is 99.9 cm³/mol. The molecule has 8 heteroatoms. The summed E-state index contributed by atoms with van der Waals surface area (Å²) in [5.74, 6) is 1.49. The van der Waals surface area contributed by atoms with E-state index >= 15 is 0 Å². The maximum absolute atomic E-state index is 13.9. The van der Waals surface area contributed by atoms with Gasteiger partial charge in [-0.3, -0.25) is 4.99 Å². The van der Waals surface area contributed by atoms with Gasteiger partial charge in [0.1, 0.15) is 12.2 Å². The van der Waals surface area contributed by atoms with Crippen LogP contribution in [0.3, 0.4) is 0 Å². The van der Waals surface area contributed by atoms with E-state index < -0.39 is 0 Å². The second-order valence-corrected chi connectivity index (χ2v) is 5.81. The summed E-state index contributed by atoms with van der Waals surface area (Å²) >= 11 is 0. The number of aromatic nitrogens is 3. The molecule has 142 valence electrons. The van der Waals surface area contributed by atoms with Crippen LogP contribution < -0.4 is 15.4 Å². The molecule has 0 amide bonds. The summed E-state index contributed by atoms with van der Waals surface area (Å²) in [6, 6.07) is 4.85. The van der Waals surface area contributed by atoms with Crippen molar-refractivity contribution in [3.05, 3.63) is 41.7 Å². The van der Waals surface area contributed by atoms with Crippen LogP contribution in [0.1, 0.15) is 38.2 Å². The molecule has 1 atom stereocenters. The Hall–Kier alpha value is -2.64. The lowest BCUT2D eigenvalue weighted by Gasteiger charge is -2.19. The topological polar surface area (TPSA) is 76.4 Å². The first-order valence-electron chi connectivity index (χ1n) is 8.84. The molecule has 26 heavy (non-hydrogen) atoms. The molecular weight excluding hydrogens is 335 g/mol. The van der Waals surface area contributed by atoms with Gasteiger partial charge in [0.25, 0.3) is 0 Å². The molecule has 2 N–H and O–H groups in total. The van der Waals surface area contributed by atoms with Crippen LogP contribution in [-0.4, -0.2) is 40.9 Å². The highest BCUT2D eigenvalue weighted by molar-refractivity contribution is 5.80. The number of ether oxygens (including phenoxy) is 1. The monoisotopic (exact) mass is 362 g/mol. The van der Waals surface area contributed by atoms with Gasteiger partial charge in [-0.1, -0.05) is 13.0 Å². The van der Waals surface area contributed by atoms with Crippen LogP contribution in [0, 0.1) is 5.82 Å². The molecule has 1 unspecified atom stereocenters. The first-order valence-corrected chi connectivity index (χ1v) is 8.84. The van der Waals surface area contributed by atoms with Crippen molar-refractivity contribution in [2.45, 2.75) is 39.8 Å². The quantitative estimate of drug-likeness (QED) is 0.557. The van der Waals surface area contributed by atoms with Gasteiger partial charge in [0.15, 0.2) is 17.5 Å². The Balaban J connectivity index is 2.00. The maximum Gasteiger partial charge on any atom is 0.191 e. The summed E-state index contributed by atoms with van der Waals surface area (Å²) in [5.41, 5.74) is 0.820. The Morgan fingerprint density at radius 2 is 2.19 bits per heavy atom. The fourth-order valence-electron chi connectivity index (χ4n) is 2.57. The Morgan fingerprint density at radius 1 is 1.38 bits per heavy atom. The molecule has 0 bridgehead atoms. The number of nitrogens with zero attached hydrogens (tertiary/aromatic N) is 4. The molecule has 1 aromatic carbocycles. The van der Waals surface area contributed by atoms with Crippen molar-refractivity contribution in [2.75, 3.05) is 20.2 Å². The minimum absolute atomic E-state index is 0.102. The number of benzene rings is 1. The first-order chi connectivity index (χ1) is 12.6. The van der Waals surface area contributed by atoms with Crippen LogP contribution in [0.5, 0.6) is 5.75 Å². The molecule has 0 radical (unpaired) electrons. The highest BCUT2D eigenvalue weighted by Crippen LogP contribution is 2.21. The normalized spacial score (nSPS) is 12.7. The van der Waals surface area contributed by atoms with E-state index in [9.17, 15) is 4.39 Å². The molecule has 0 aliphatic heterocycles. The number of aryl methyl sites for hydroxylation is 1. The predicted octanol–water partition coefficient (Wildman–Crippen LogP) is 2.30. The van der Waals surface area contributed by atoms with E-state index in [0.717, 1.165) is 24.4 Å². The average Bonchev–Trinajstić information content (AvgIpc) is 3.09. The highest BCUT2D eigenvalue weighted by atomic mass is 19.1. The van der Waals surface area contributed by atoms with Gasteiger partial charge in [-0.15, -0.1) is 10.2 Å². The van der Waals surface area contributed by atoms with Crippen molar-refractivity contribution in [1.29, 1.82) is 0 Å². The molecule has 0 saturated heterocycles. The Bertz CT molecular complexity index is 730. The summed E-state index contributed by atoms with van der Waals surface area (Å²) in [5, 5.41) is 14.5. The molecule has 1 aromatic heterocycles. The van der Waals surface area contributed by atoms with Crippen LogP contribution >= 0.6 is 0 Å². The zero-order valence-electron chi connectivity index (χ0n) is 15.8. The SMILES string of the molecule is CCNC(=NCCn1cnnc1CC)NC(C)c1ccc(OC)c(F)c1. The van der Waals surface area contributed by atoms with E-state index in [4.69, 9.17) is 4.74 Å². The van der Waals surface area contributed by atoms with Gasteiger partial charge in [0.2, 0.25) is 0 Å². The largest absolute Gasteiger partial charge is 0.494 e. The standard InChI is InChI=1S/C18H27FN6O/c1-5-17-24-22-12-25(17)10-9-21-18(20-6-2)23-13(3)14-7-8-16(26-4)15(19)11-14/h7-8,11-13H,5-6,9-10H2,1-4H3,(H2,20,21,23). The number of halogens is 1. The number of guanidine groups is 1. The molecule has 2 rings (SSSR count). The van der Waals surface area contributed by atoms with E-state index in [1.807, 2.05) is 31.4 Å². The molecule has 2 aromatic rings. The lowest BCUT2D eigenvalue weighted by molar-refractivity contribution is 0.386. The Morgan fingerprint density at radius 3 is 2.85 bits per heavy atom. The minimum atomic E-state index is -0.375. The fourth-order valence-corrected chi connectivity index (χ4v) is 2.57. The molecule has 0 aliphatic carbocycles. The molecule has 0 saturated carbocycles. The van der Waals surface area contributed by atoms with Crippen LogP contribution in [-0.2, 0) is 13.0 Å². The fraction of sp³-hybridized carbons (Fsp3) is 0.500. The molecule has 0 fully saturated rings. The van der Waals surface area contributed by atoms with Crippen molar-refractivity contribution < 1.29 is 9.13 Å². The van der Waals surface area contributed by atoms with Crippen LogP contribution in [0.25, 0.3) is 0 Å². The van der Waals surface area contributed by atoms with Gasteiger partial charge >= 0.3 is 0 Å². The van der Waals surface area contributed by atoms with Crippen molar-refractivity contribution in [1.82, 2.24) is 25.4 Å². The van der Waals surface area contributed by atoms with Gasteiger partial charge < -0.3 is 19.9 Å². The van der Waals surface area contributed by atoms with E-state index in [1.54, 1.807) is 12.4 Å². The van der Waals surface area contributed by atoms with Gasteiger partial charge in [-0.2, -0.15) is 0 Å². The van der Waals surface area contributed by atoms with Crippen molar-refractivity contribution in [2.24, 2.45) is 4.99 Å². The van der Waals surface area contributed by atoms with Gasteiger partial charge in [0, 0.05) is 19.5 Å². The molecule has 7 nitrogen and oxygen atoms in total. The van der Waals surface area contributed by atoms with Crippen molar-refractivity contribution >= 4 is 5.96 Å². The van der Waals surface area contributed by atoms with Gasteiger partial charge in [0.05, 0.1) is 19.7 Å². The molecular formula is C18H27FN6O. The third-order valence-corrected chi connectivity index (χ3v) is 4.00. The van der Waals surface area contributed by atoms with Crippen LogP contribution in [0.15, 0.2) is 29.5 Å². The van der Waals surface area contributed by atoms with Crippen LogP contribution in [0.2, 0.25) is 0 Å². The summed E-state index contributed by atoms with van der Waals surface area (Å²) in [4.78, 5) is 4.58. The number of methoxy groups -OCH3 is 1. The van der Waals surface area contributed by atoms with E-state index in [0.29, 0.717) is 19.0 Å². The van der Waals surface area contributed by atoms with E-state index in [-0.39, 0.29) is 17.6 Å². The number of aliphatic imine (C=N–C) groups is 1. The zero-order valence-corrected chi connectivity index (χ0v) is 15.8. The Labute approximate surface area is 153 Å². The highest BCUT2D eigenvalue weighted by Gasteiger charge is 2.11. The zero-order chi connectivity index (χ0) is 18.9.